The summed E-state index contributed by atoms with van der Waals surface area (Å²) in [7, 11) is 1.54. The van der Waals surface area contributed by atoms with Gasteiger partial charge in [-0.3, -0.25) is 24.9 Å². The first kappa shape index (κ1) is 24.1. The minimum atomic E-state index is -0.374. The Labute approximate surface area is 217 Å². The quantitative estimate of drug-likeness (QED) is 0.426. The summed E-state index contributed by atoms with van der Waals surface area (Å²) in [5.74, 6) is 0.0877. The summed E-state index contributed by atoms with van der Waals surface area (Å²) in [5.41, 5.74) is 4.16. The van der Waals surface area contributed by atoms with E-state index in [2.05, 4.69) is 26.3 Å². The third-order valence-corrected chi connectivity index (χ3v) is 7.05. The molecule has 0 aliphatic carbocycles. The SMILES string of the molecule is COc1ccc(C#N)cc1-c1cc(C)ncc1C(=O)Nc1nc2c(s1)CN(C(=O)c1cccnc1)CC2. The molecule has 1 N–H and O–H groups in total. The highest BCUT2D eigenvalue weighted by atomic mass is 32.1. The first-order valence-electron chi connectivity index (χ1n) is 11.5. The Hall–Kier alpha value is -4.62. The van der Waals surface area contributed by atoms with Gasteiger partial charge in [-0.05, 0) is 43.3 Å². The summed E-state index contributed by atoms with van der Waals surface area (Å²) in [4.78, 5) is 41.9. The zero-order chi connectivity index (χ0) is 25.9. The molecule has 37 heavy (non-hydrogen) atoms. The molecule has 0 saturated heterocycles. The normalized spacial score (nSPS) is 12.4. The summed E-state index contributed by atoms with van der Waals surface area (Å²) in [6.07, 6.45) is 5.31. The molecule has 10 heteroatoms. The van der Waals surface area contributed by atoms with E-state index >= 15 is 0 Å². The average molecular weight is 511 g/mol. The second kappa shape index (κ2) is 10.2. The number of hydrogen-bond donors (Lipinski definition) is 1. The number of benzene rings is 1. The topological polar surface area (TPSA) is 121 Å². The van der Waals surface area contributed by atoms with E-state index in [1.807, 2.05) is 6.92 Å². The number of amides is 2. The standard InChI is InChI=1S/C27H22N6O3S/c1-16-10-19(20-11-17(12-28)5-6-23(20)36-2)21(14-30-16)25(34)32-27-31-22-7-9-33(15-24(22)37-27)26(35)18-4-3-8-29-13-18/h3-6,8,10-11,13-14H,7,9,15H2,1-2H3,(H,31,32,34). The molecule has 9 nitrogen and oxygen atoms in total. The Balaban J connectivity index is 1.40. The van der Waals surface area contributed by atoms with Gasteiger partial charge in [-0.2, -0.15) is 5.26 Å². The number of ether oxygens (including phenoxy) is 1. The van der Waals surface area contributed by atoms with E-state index in [4.69, 9.17) is 4.74 Å². The fourth-order valence-electron chi connectivity index (χ4n) is 4.21. The number of nitrogens with zero attached hydrogens (tertiary/aromatic N) is 5. The van der Waals surface area contributed by atoms with Crippen LogP contribution in [0.15, 0.2) is 55.0 Å². The Kier molecular flexibility index (Phi) is 6.62. The summed E-state index contributed by atoms with van der Waals surface area (Å²) < 4.78 is 5.50. The first-order chi connectivity index (χ1) is 18.0. The van der Waals surface area contributed by atoms with Crippen molar-refractivity contribution >= 4 is 28.3 Å². The number of aryl methyl sites for hydroxylation is 1. The lowest BCUT2D eigenvalue weighted by Crippen LogP contribution is -2.35. The van der Waals surface area contributed by atoms with Crippen LogP contribution in [0.25, 0.3) is 11.1 Å². The molecule has 184 valence electrons. The monoisotopic (exact) mass is 510 g/mol. The molecule has 2 amide bonds. The number of hydrogen-bond acceptors (Lipinski definition) is 8. The van der Waals surface area contributed by atoms with Crippen LogP contribution in [0.1, 0.15) is 42.5 Å². The van der Waals surface area contributed by atoms with Crippen LogP contribution in [-0.4, -0.2) is 45.3 Å². The largest absolute Gasteiger partial charge is 0.496 e. The molecule has 0 bridgehead atoms. The lowest BCUT2D eigenvalue weighted by atomic mass is 9.97. The van der Waals surface area contributed by atoms with Crippen molar-refractivity contribution in [3.8, 4) is 22.9 Å². The van der Waals surface area contributed by atoms with Crippen LogP contribution in [0.2, 0.25) is 0 Å². The van der Waals surface area contributed by atoms with Crippen LogP contribution in [0.4, 0.5) is 5.13 Å². The molecule has 4 heterocycles. The number of nitrogens with one attached hydrogen (secondary N) is 1. The maximum Gasteiger partial charge on any atom is 0.259 e. The number of methoxy groups -OCH3 is 1. The number of anilines is 1. The van der Waals surface area contributed by atoms with Gasteiger partial charge in [0.25, 0.3) is 11.8 Å². The third kappa shape index (κ3) is 4.90. The van der Waals surface area contributed by atoms with E-state index in [1.54, 1.807) is 60.8 Å². The third-order valence-electron chi connectivity index (χ3n) is 6.05. The highest BCUT2D eigenvalue weighted by molar-refractivity contribution is 7.15. The predicted molar refractivity (Wildman–Crippen MR) is 138 cm³/mol. The highest BCUT2D eigenvalue weighted by Crippen LogP contribution is 2.35. The summed E-state index contributed by atoms with van der Waals surface area (Å²) >= 11 is 1.35. The average Bonchev–Trinajstić information content (AvgIpc) is 3.34. The lowest BCUT2D eigenvalue weighted by molar-refractivity contribution is 0.0735. The van der Waals surface area contributed by atoms with Crippen molar-refractivity contribution in [2.75, 3.05) is 19.0 Å². The number of aromatic nitrogens is 3. The van der Waals surface area contributed by atoms with Crippen molar-refractivity contribution in [2.45, 2.75) is 19.9 Å². The van der Waals surface area contributed by atoms with E-state index in [-0.39, 0.29) is 11.8 Å². The van der Waals surface area contributed by atoms with Gasteiger partial charge in [0.15, 0.2) is 5.13 Å². The Bertz CT molecular complexity index is 1540. The smallest absolute Gasteiger partial charge is 0.259 e. The van der Waals surface area contributed by atoms with Crippen molar-refractivity contribution in [1.29, 1.82) is 5.26 Å². The molecule has 0 saturated carbocycles. The fourth-order valence-corrected chi connectivity index (χ4v) is 5.23. The molecule has 0 spiro atoms. The maximum absolute atomic E-state index is 13.4. The van der Waals surface area contributed by atoms with Gasteiger partial charge in [-0.1, -0.05) is 11.3 Å². The molecule has 1 aliphatic rings. The lowest BCUT2D eigenvalue weighted by Gasteiger charge is -2.25. The molecule has 1 aromatic carbocycles. The fraction of sp³-hybridized carbons (Fsp3) is 0.185. The van der Waals surface area contributed by atoms with Crippen LogP contribution >= 0.6 is 11.3 Å². The number of carbonyl (C=O) groups is 2. The van der Waals surface area contributed by atoms with Gasteiger partial charge >= 0.3 is 0 Å². The Morgan fingerprint density at radius 3 is 2.81 bits per heavy atom. The molecular weight excluding hydrogens is 488 g/mol. The molecule has 0 atom stereocenters. The van der Waals surface area contributed by atoms with Gasteiger partial charge < -0.3 is 9.64 Å². The molecular formula is C27H22N6O3S. The molecule has 3 aromatic heterocycles. The van der Waals surface area contributed by atoms with Crippen molar-refractivity contribution in [3.63, 3.8) is 0 Å². The summed E-state index contributed by atoms with van der Waals surface area (Å²) in [6.45, 7) is 2.80. The van der Waals surface area contributed by atoms with E-state index < -0.39 is 0 Å². The van der Waals surface area contributed by atoms with Gasteiger partial charge in [0.05, 0.1) is 42.1 Å². The van der Waals surface area contributed by atoms with Gasteiger partial charge in [0, 0.05) is 53.3 Å². The minimum Gasteiger partial charge on any atom is -0.496 e. The van der Waals surface area contributed by atoms with E-state index in [0.717, 1.165) is 16.3 Å². The molecule has 5 rings (SSSR count). The van der Waals surface area contributed by atoms with E-state index in [1.165, 1.54) is 17.5 Å². The van der Waals surface area contributed by atoms with Gasteiger partial charge in [0.2, 0.25) is 0 Å². The van der Waals surface area contributed by atoms with Crippen LogP contribution in [0, 0.1) is 18.3 Å². The van der Waals surface area contributed by atoms with E-state index in [9.17, 15) is 14.9 Å². The molecule has 0 fully saturated rings. The number of nitriles is 1. The van der Waals surface area contributed by atoms with E-state index in [0.29, 0.717) is 58.2 Å². The highest BCUT2D eigenvalue weighted by Gasteiger charge is 2.26. The van der Waals surface area contributed by atoms with Crippen LogP contribution in [-0.2, 0) is 13.0 Å². The van der Waals surface area contributed by atoms with Gasteiger partial charge in [0.1, 0.15) is 5.75 Å². The van der Waals surface area contributed by atoms with Crippen LogP contribution in [0.3, 0.4) is 0 Å². The molecule has 4 aromatic rings. The van der Waals surface area contributed by atoms with Crippen molar-refractivity contribution in [3.05, 3.63) is 87.9 Å². The van der Waals surface area contributed by atoms with Crippen LogP contribution in [0.5, 0.6) is 5.75 Å². The zero-order valence-corrected chi connectivity index (χ0v) is 21.0. The number of fused-ring (bicyclic) bond motifs is 1. The molecule has 0 unspecified atom stereocenters. The first-order valence-corrected chi connectivity index (χ1v) is 12.3. The number of rotatable bonds is 5. The summed E-state index contributed by atoms with van der Waals surface area (Å²) in [6, 6.07) is 12.5. The van der Waals surface area contributed by atoms with Crippen molar-refractivity contribution < 1.29 is 14.3 Å². The Morgan fingerprint density at radius 2 is 2.05 bits per heavy atom. The number of carbonyl (C=O) groups excluding carboxylic acids is 2. The Morgan fingerprint density at radius 1 is 1.19 bits per heavy atom. The molecule has 0 radical (unpaired) electrons. The van der Waals surface area contributed by atoms with Gasteiger partial charge in [-0.25, -0.2) is 4.98 Å². The minimum absolute atomic E-state index is 0.0818. The number of pyridine rings is 2. The van der Waals surface area contributed by atoms with Crippen molar-refractivity contribution in [1.82, 2.24) is 19.9 Å². The second-order valence-electron chi connectivity index (χ2n) is 8.46. The second-order valence-corrected chi connectivity index (χ2v) is 9.54. The van der Waals surface area contributed by atoms with Gasteiger partial charge in [-0.15, -0.1) is 0 Å². The molecule has 1 aliphatic heterocycles. The maximum atomic E-state index is 13.4. The van der Waals surface area contributed by atoms with Crippen molar-refractivity contribution in [2.24, 2.45) is 0 Å². The summed E-state index contributed by atoms with van der Waals surface area (Å²) in [5, 5.41) is 12.7. The van der Waals surface area contributed by atoms with Crippen LogP contribution < -0.4 is 10.1 Å². The number of thiazole rings is 1. The predicted octanol–water partition coefficient (Wildman–Crippen LogP) is 4.24. The zero-order valence-electron chi connectivity index (χ0n) is 20.2.